The van der Waals surface area contributed by atoms with Crippen LogP contribution in [0.2, 0.25) is 0 Å². The third kappa shape index (κ3) is 5.25. The van der Waals surface area contributed by atoms with Gasteiger partial charge in [-0.25, -0.2) is 0 Å². The quantitative estimate of drug-likeness (QED) is 0.576. The second-order valence-electron chi connectivity index (χ2n) is 6.71. The molecule has 1 heterocycles. The fraction of sp³-hybridized carbons (Fsp3) is 0.217. The van der Waals surface area contributed by atoms with Crippen molar-refractivity contribution >= 4 is 17.4 Å². The standard InChI is InChI=1S/C23H23NO5/c1-15-6-9-20(16(2)11-15)29-14-23(26)24-18-8-7-17(22(13-18)27-3)12-19(25)21-5-4-10-28-21/h4-11,13H,12,14H2,1-3H3,(H,24,26). The van der Waals surface area contributed by atoms with E-state index in [1.165, 1.54) is 13.4 Å². The highest BCUT2D eigenvalue weighted by molar-refractivity contribution is 5.96. The van der Waals surface area contributed by atoms with E-state index in [1.807, 2.05) is 32.0 Å². The number of rotatable bonds is 8. The van der Waals surface area contributed by atoms with Crippen LogP contribution >= 0.6 is 0 Å². The number of furan rings is 1. The van der Waals surface area contributed by atoms with Crippen molar-refractivity contribution in [2.24, 2.45) is 0 Å². The molecule has 150 valence electrons. The summed E-state index contributed by atoms with van der Waals surface area (Å²) < 4.78 is 16.1. The van der Waals surface area contributed by atoms with Crippen molar-refractivity contribution in [2.75, 3.05) is 19.0 Å². The Balaban J connectivity index is 1.61. The van der Waals surface area contributed by atoms with Crippen molar-refractivity contribution in [3.05, 3.63) is 77.2 Å². The van der Waals surface area contributed by atoms with E-state index in [-0.39, 0.29) is 24.7 Å². The zero-order chi connectivity index (χ0) is 20.8. The van der Waals surface area contributed by atoms with E-state index in [0.29, 0.717) is 28.5 Å². The van der Waals surface area contributed by atoms with Crippen LogP contribution in [0, 0.1) is 13.8 Å². The highest BCUT2D eigenvalue weighted by Gasteiger charge is 2.14. The summed E-state index contributed by atoms with van der Waals surface area (Å²) in [7, 11) is 1.52. The predicted molar refractivity (Wildman–Crippen MR) is 110 cm³/mol. The first-order chi connectivity index (χ1) is 14.0. The van der Waals surface area contributed by atoms with Gasteiger partial charge in [0.25, 0.3) is 5.91 Å². The molecule has 0 fully saturated rings. The van der Waals surface area contributed by atoms with Gasteiger partial charge in [0.1, 0.15) is 11.5 Å². The highest BCUT2D eigenvalue weighted by Crippen LogP contribution is 2.25. The first-order valence-electron chi connectivity index (χ1n) is 9.20. The van der Waals surface area contributed by atoms with Crippen molar-refractivity contribution in [3.63, 3.8) is 0 Å². The largest absolute Gasteiger partial charge is 0.496 e. The fourth-order valence-electron chi connectivity index (χ4n) is 2.97. The van der Waals surface area contributed by atoms with Gasteiger partial charge in [-0.15, -0.1) is 0 Å². The molecule has 0 atom stereocenters. The number of anilines is 1. The van der Waals surface area contributed by atoms with E-state index >= 15 is 0 Å². The topological polar surface area (TPSA) is 77.8 Å². The molecule has 29 heavy (non-hydrogen) atoms. The number of methoxy groups -OCH3 is 1. The lowest BCUT2D eigenvalue weighted by Crippen LogP contribution is -2.20. The summed E-state index contributed by atoms with van der Waals surface area (Å²) in [6, 6.07) is 14.2. The molecule has 1 N–H and O–H groups in total. The maximum atomic E-state index is 12.2. The molecule has 0 unspecified atom stereocenters. The Morgan fingerprint density at radius 1 is 1.03 bits per heavy atom. The minimum Gasteiger partial charge on any atom is -0.496 e. The number of nitrogens with one attached hydrogen (secondary N) is 1. The maximum Gasteiger partial charge on any atom is 0.262 e. The first kappa shape index (κ1) is 20.2. The van der Waals surface area contributed by atoms with Gasteiger partial charge in [0, 0.05) is 23.7 Å². The van der Waals surface area contributed by atoms with E-state index in [2.05, 4.69) is 5.32 Å². The van der Waals surface area contributed by atoms with Crippen molar-refractivity contribution in [2.45, 2.75) is 20.3 Å². The van der Waals surface area contributed by atoms with Gasteiger partial charge in [-0.2, -0.15) is 0 Å². The van der Waals surface area contributed by atoms with Crippen LogP contribution in [-0.4, -0.2) is 25.4 Å². The van der Waals surface area contributed by atoms with E-state index in [9.17, 15) is 9.59 Å². The van der Waals surface area contributed by atoms with Gasteiger partial charge in [0.05, 0.1) is 13.4 Å². The third-order valence-corrected chi connectivity index (χ3v) is 4.41. The number of carbonyl (C=O) groups is 2. The van der Waals surface area contributed by atoms with Gasteiger partial charge in [-0.3, -0.25) is 9.59 Å². The summed E-state index contributed by atoms with van der Waals surface area (Å²) in [6.45, 7) is 3.83. The maximum absolute atomic E-state index is 12.2. The number of carbonyl (C=O) groups excluding carboxylic acids is 2. The lowest BCUT2D eigenvalue weighted by atomic mass is 10.1. The number of hydrogen-bond donors (Lipinski definition) is 1. The Hall–Kier alpha value is -3.54. The Morgan fingerprint density at radius 2 is 1.86 bits per heavy atom. The summed E-state index contributed by atoms with van der Waals surface area (Å²) in [6.07, 6.45) is 1.60. The van der Waals surface area contributed by atoms with Gasteiger partial charge >= 0.3 is 0 Å². The third-order valence-electron chi connectivity index (χ3n) is 4.41. The second kappa shape index (κ2) is 9.10. The molecule has 1 aromatic heterocycles. The lowest BCUT2D eigenvalue weighted by Gasteiger charge is -2.12. The van der Waals surface area contributed by atoms with Gasteiger partial charge in [0.15, 0.2) is 12.4 Å². The van der Waals surface area contributed by atoms with Crippen LogP contribution < -0.4 is 14.8 Å². The molecular weight excluding hydrogens is 370 g/mol. The first-order valence-corrected chi connectivity index (χ1v) is 9.20. The molecule has 3 aromatic rings. The van der Waals surface area contributed by atoms with Gasteiger partial charge in [0.2, 0.25) is 5.78 Å². The molecular formula is C23H23NO5. The van der Waals surface area contributed by atoms with Crippen LogP contribution in [0.25, 0.3) is 0 Å². The molecule has 0 saturated carbocycles. The molecule has 2 aromatic carbocycles. The van der Waals surface area contributed by atoms with Crippen molar-refractivity contribution in [1.82, 2.24) is 0 Å². The van der Waals surface area contributed by atoms with Crippen LogP contribution in [0.5, 0.6) is 11.5 Å². The van der Waals surface area contributed by atoms with Crippen LogP contribution in [0.3, 0.4) is 0 Å². The van der Waals surface area contributed by atoms with Crippen molar-refractivity contribution in [1.29, 1.82) is 0 Å². The SMILES string of the molecule is COc1cc(NC(=O)COc2ccc(C)cc2C)ccc1CC(=O)c1ccco1. The monoisotopic (exact) mass is 393 g/mol. The highest BCUT2D eigenvalue weighted by atomic mass is 16.5. The fourth-order valence-corrected chi connectivity index (χ4v) is 2.97. The Kier molecular flexibility index (Phi) is 6.34. The minimum atomic E-state index is -0.286. The normalized spacial score (nSPS) is 10.4. The van der Waals surface area contributed by atoms with Crippen LogP contribution in [0.4, 0.5) is 5.69 Å². The summed E-state index contributed by atoms with van der Waals surface area (Å²) in [5.41, 5.74) is 3.38. The zero-order valence-corrected chi connectivity index (χ0v) is 16.7. The van der Waals surface area contributed by atoms with E-state index < -0.39 is 0 Å². The molecule has 0 spiro atoms. The van der Waals surface area contributed by atoms with Gasteiger partial charge < -0.3 is 19.2 Å². The molecule has 0 saturated heterocycles. The summed E-state index contributed by atoms with van der Waals surface area (Å²) in [4.78, 5) is 24.5. The number of ketones is 1. The molecule has 3 rings (SSSR count). The van der Waals surface area contributed by atoms with Crippen LogP contribution in [-0.2, 0) is 11.2 Å². The molecule has 6 heteroatoms. The second-order valence-corrected chi connectivity index (χ2v) is 6.71. The smallest absolute Gasteiger partial charge is 0.262 e. The Morgan fingerprint density at radius 3 is 2.55 bits per heavy atom. The number of hydrogen-bond acceptors (Lipinski definition) is 5. The van der Waals surface area contributed by atoms with E-state index in [4.69, 9.17) is 13.9 Å². The number of Topliss-reactive ketones (excluding diaryl/α,β-unsaturated/α-hetero) is 1. The Bertz CT molecular complexity index is 1010. The van der Waals surface area contributed by atoms with Crippen molar-refractivity contribution < 1.29 is 23.5 Å². The molecule has 0 aliphatic rings. The van der Waals surface area contributed by atoms with Crippen LogP contribution in [0.1, 0.15) is 27.2 Å². The molecule has 0 radical (unpaired) electrons. The van der Waals surface area contributed by atoms with E-state index in [1.54, 1.807) is 30.3 Å². The minimum absolute atomic E-state index is 0.106. The number of ether oxygens (including phenoxy) is 2. The molecule has 0 bridgehead atoms. The average molecular weight is 393 g/mol. The zero-order valence-electron chi connectivity index (χ0n) is 16.7. The molecule has 0 aliphatic carbocycles. The summed E-state index contributed by atoms with van der Waals surface area (Å²) >= 11 is 0. The number of amides is 1. The molecule has 0 aliphatic heterocycles. The summed E-state index contributed by atoms with van der Waals surface area (Å²) in [5, 5.41) is 2.78. The van der Waals surface area contributed by atoms with Crippen molar-refractivity contribution in [3.8, 4) is 11.5 Å². The van der Waals surface area contributed by atoms with E-state index in [0.717, 1.165) is 11.1 Å². The molecule has 6 nitrogen and oxygen atoms in total. The van der Waals surface area contributed by atoms with Gasteiger partial charge in [-0.1, -0.05) is 23.8 Å². The lowest BCUT2D eigenvalue weighted by molar-refractivity contribution is -0.118. The number of aryl methyl sites for hydroxylation is 2. The average Bonchev–Trinajstić information content (AvgIpc) is 3.23. The number of benzene rings is 2. The molecule has 1 amide bonds. The predicted octanol–water partition coefficient (Wildman–Crippen LogP) is 4.35. The van der Waals surface area contributed by atoms with Gasteiger partial charge in [-0.05, 0) is 43.7 Å². The Labute approximate surface area is 169 Å². The van der Waals surface area contributed by atoms with Crippen LogP contribution in [0.15, 0.2) is 59.2 Å². The summed E-state index contributed by atoms with van der Waals surface area (Å²) in [5.74, 6) is 1.06.